The van der Waals surface area contributed by atoms with Crippen LogP contribution in [0.2, 0.25) is 0 Å². The third-order valence-electron chi connectivity index (χ3n) is 4.37. The van der Waals surface area contributed by atoms with Crippen LogP contribution in [0.15, 0.2) is 42.5 Å². The first kappa shape index (κ1) is 20.5. The molecular weight excluding hydrogens is 362 g/mol. The third-order valence-corrected chi connectivity index (χ3v) is 4.96. The van der Waals surface area contributed by atoms with Crippen molar-refractivity contribution in [3.63, 3.8) is 0 Å². The van der Waals surface area contributed by atoms with E-state index < -0.39 is 10.0 Å². The van der Waals surface area contributed by atoms with E-state index in [2.05, 4.69) is 10.8 Å². The summed E-state index contributed by atoms with van der Waals surface area (Å²) >= 11 is 0. The Morgan fingerprint density at radius 2 is 1.85 bits per heavy atom. The fourth-order valence-corrected chi connectivity index (χ4v) is 3.46. The number of benzene rings is 2. The standard InChI is InChI=1S/C20H23N3O3S/c1-5-23(15(3)17-10-7-16(13-21)8-11-17)20(24)18-9-6-14(2)19(12-18)22-27(4,25)26/h6-12,15,22H,5H2,1-4H3. The molecule has 7 heteroatoms. The molecule has 6 nitrogen and oxygen atoms in total. The number of nitrogens with one attached hydrogen (secondary N) is 1. The number of hydrogen-bond acceptors (Lipinski definition) is 4. The molecule has 0 radical (unpaired) electrons. The Morgan fingerprint density at radius 1 is 1.22 bits per heavy atom. The molecule has 0 aliphatic rings. The van der Waals surface area contributed by atoms with Crippen molar-refractivity contribution in [2.45, 2.75) is 26.8 Å². The zero-order chi connectivity index (χ0) is 20.2. The molecule has 0 saturated heterocycles. The van der Waals surface area contributed by atoms with Gasteiger partial charge in [0.15, 0.2) is 0 Å². The average molecular weight is 385 g/mol. The molecule has 1 N–H and O–H groups in total. The smallest absolute Gasteiger partial charge is 0.254 e. The number of nitriles is 1. The molecule has 0 bridgehead atoms. The van der Waals surface area contributed by atoms with Crippen LogP contribution < -0.4 is 4.72 Å². The number of sulfonamides is 1. The predicted octanol–water partition coefficient (Wildman–Crippen LogP) is 3.46. The quantitative estimate of drug-likeness (QED) is 0.824. The van der Waals surface area contributed by atoms with Crippen LogP contribution in [0.5, 0.6) is 0 Å². The molecule has 2 rings (SSSR count). The van der Waals surface area contributed by atoms with Crippen LogP contribution in [0, 0.1) is 18.3 Å². The lowest BCUT2D eigenvalue weighted by Crippen LogP contribution is -2.33. The van der Waals surface area contributed by atoms with Crippen LogP contribution in [-0.2, 0) is 10.0 Å². The van der Waals surface area contributed by atoms with Crippen molar-refractivity contribution in [1.29, 1.82) is 5.26 Å². The minimum atomic E-state index is -3.44. The molecule has 1 amide bonds. The first-order valence-corrected chi connectivity index (χ1v) is 10.4. The van der Waals surface area contributed by atoms with Gasteiger partial charge in [-0.1, -0.05) is 18.2 Å². The van der Waals surface area contributed by atoms with Crippen LogP contribution >= 0.6 is 0 Å². The largest absolute Gasteiger partial charge is 0.332 e. The van der Waals surface area contributed by atoms with E-state index in [9.17, 15) is 13.2 Å². The molecule has 1 atom stereocenters. The molecule has 0 heterocycles. The summed E-state index contributed by atoms with van der Waals surface area (Å²) in [5.41, 5.74) is 3.03. The molecule has 27 heavy (non-hydrogen) atoms. The summed E-state index contributed by atoms with van der Waals surface area (Å²) < 4.78 is 25.5. The Hall–Kier alpha value is -2.85. The molecule has 142 valence electrons. The van der Waals surface area contributed by atoms with Gasteiger partial charge < -0.3 is 4.90 Å². The monoisotopic (exact) mass is 385 g/mol. The van der Waals surface area contributed by atoms with Crippen molar-refractivity contribution in [3.8, 4) is 6.07 Å². The predicted molar refractivity (Wildman–Crippen MR) is 106 cm³/mol. The van der Waals surface area contributed by atoms with Gasteiger partial charge in [-0.3, -0.25) is 9.52 Å². The van der Waals surface area contributed by atoms with E-state index in [1.165, 1.54) is 0 Å². The summed E-state index contributed by atoms with van der Waals surface area (Å²) in [6.45, 7) is 6.08. The average Bonchev–Trinajstić information content (AvgIpc) is 2.63. The SMILES string of the molecule is CCN(C(=O)c1ccc(C)c(NS(C)(=O)=O)c1)C(C)c1ccc(C#N)cc1. The van der Waals surface area contributed by atoms with Crippen LogP contribution in [0.3, 0.4) is 0 Å². The third kappa shape index (κ3) is 5.08. The van der Waals surface area contributed by atoms with Gasteiger partial charge in [-0.25, -0.2) is 8.42 Å². The van der Waals surface area contributed by atoms with E-state index >= 15 is 0 Å². The van der Waals surface area contributed by atoms with Gasteiger partial charge in [0, 0.05) is 12.1 Å². The lowest BCUT2D eigenvalue weighted by molar-refractivity contribution is 0.0702. The van der Waals surface area contributed by atoms with Crippen LogP contribution in [0.1, 0.15) is 46.9 Å². The summed E-state index contributed by atoms with van der Waals surface area (Å²) in [4.78, 5) is 14.7. The number of rotatable bonds is 6. The van der Waals surface area contributed by atoms with Gasteiger partial charge in [0.05, 0.1) is 29.6 Å². The van der Waals surface area contributed by atoms with Gasteiger partial charge in [-0.15, -0.1) is 0 Å². The second-order valence-electron chi connectivity index (χ2n) is 6.40. The van der Waals surface area contributed by atoms with E-state index in [1.54, 1.807) is 42.2 Å². The number of aryl methyl sites for hydroxylation is 1. The molecular formula is C20H23N3O3S. The summed E-state index contributed by atoms with van der Waals surface area (Å²) in [5, 5.41) is 8.93. The molecule has 1 unspecified atom stereocenters. The zero-order valence-electron chi connectivity index (χ0n) is 15.9. The van der Waals surface area contributed by atoms with Crippen molar-refractivity contribution < 1.29 is 13.2 Å². The van der Waals surface area contributed by atoms with E-state index in [1.807, 2.05) is 26.0 Å². The van der Waals surface area contributed by atoms with Crippen molar-refractivity contribution >= 4 is 21.6 Å². The van der Waals surface area contributed by atoms with Crippen molar-refractivity contribution in [2.24, 2.45) is 0 Å². The van der Waals surface area contributed by atoms with Gasteiger partial charge >= 0.3 is 0 Å². The maximum atomic E-state index is 13.0. The van der Waals surface area contributed by atoms with Crippen LogP contribution in [-0.4, -0.2) is 32.0 Å². The number of hydrogen-bond donors (Lipinski definition) is 1. The topological polar surface area (TPSA) is 90.3 Å². The summed E-state index contributed by atoms with van der Waals surface area (Å²) in [6, 6.07) is 14.0. The molecule has 0 spiro atoms. The lowest BCUT2D eigenvalue weighted by atomic mass is 10.0. The van der Waals surface area contributed by atoms with E-state index in [0.717, 1.165) is 17.4 Å². The fourth-order valence-electron chi connectivity index (χ4n) is 2.84. The van der Waals surface area contributed by atoms with Crippen LogP contribution in [0.4, 0.5) is 5.69 Å². The van der Waals surface area contributed by atoms with E-state index in [4.69, 9.17) is 5.26 Å². The summed E-state index contributed by atoms with van der Waals surface area (Å²) in [5.74, 6) is -0.189. The first-order valence-electron chi connectivity index (χ1n) is 8.55. The number of nitrogens with zero attached hydrogens (tertiary/aromatic N) is 2. The summed E-state index contributed by atoms with van der Waals surface area (Å²) in [6.07, 6.45) is 1.08. The molecule has 0 aromatic heterocycles. The summed E-state index contributed by atoms with van der Waals surface area (Å²) in [7, 11) is -3.44. The van der Waals surface area contributed by atoms with Crippen molar-refractivity contribution in [2.75, 3.05) is 17.5 Å². The van der Waals surface area contributed by atoms with Gasteiger partial charge in [-0.2, -0.15) is 5.26 Å². The second kappa shape index (κ2) is 8.23. The molecule has 2 aromatic rings. The minimum absolute atomic E-state index is 0.189. The van der Waals surface area contributed by atoms with E-state index in [0.29, 0.717) is 23.4 Å². The lowest BCUT2D eigenvalue weighted by Gasteiger charge is -2.29. The Labute approximate surface area is 160 Å². The Bertz CT molecular complexity index is 977. The number of amides is 1. The van der Waals surface area contributed by atoms with Crippen molar-refractivity contribution in [3.05, 3.63) is 64.7 Å². The molecule has 2 aromatic carbocycles. The molecule has 0 aliphatic carbocycles. The zero-order valence-corrected chi connectivity index (χ0v) is 16.7. The van der Waals surface area contributed by atoms with Gasteiger partial charge in [0.25, 0.3) is 5.91 Å². The highest BCUT2D eigenvalue weighted by Gasteiger charge is 2.22. The maximum Gasteiger partial charge on any atom is 0.254 e. The Morgan fingerprint density at radius 3 is 2.37 bits per heavy atom. The fraction of sp³-hybridized carbons (Fsp3) is 0.300. The van der Waals surface area contributed by atoms with E-state index in [-0.39, 0.29) is 11.9 Å². The van der Waals surface area contributed by atoms with Crippen molar-refractivity contribution in [1.82, 2.24) is 4.90 Å². The Kier molecular flexibility index (Phi) is 6.24. The van der Waals surface area contributed by atoms with Gasteiger partial charge in [0.1, 0.15) is 0 Å². The number of anilines is 1. The second-order valence-corrected chi connectivity index (χ2v) is 8.15. The minimum Gasteiger partial charge on any atom is -0.332 e. The van der Waals surface area contributed by atoms with Crippen LogP contribution in [0.25, 0.3) is 0 Å². The highest BCUT2D eigenvalue weighted by Crippen LogP contribution is 2.25. The Balaban J connectivity index is 2.33. The molecule has 0 fully saturated rings. The van der Waals surface area contributed by atoms with Gasteiger partial charge in [0.2, 0.25) is 10.0 Å². The normalized spacial score (nSPS) is 12.1. The molecule has 0 aliphatic heterocycles. The highest BCUT2D eigenvalue weighted by atomic mass is 32.2. The van der Waals surface area contributed by atoms with Gasteiger partial charge in [-0.05, 0) is 56.2 Å². The first-order chi connectivity index (χ1) is 12.7. The number of carbonyl (C=O) groups excluding carboxylic acids is 1. The maximum absolute atomic E-state index is 13.0. The molecule has 0 saturated carbocycles. The number of carbonyl (C=O) groups is 1. The highest BCUT2D eigenvalue weighted by molar-refractivity contribution is 7.92.